The lowest BCUT2D eigenvalue weighted by Crippen LogP contribution is -2.24. The monoisotopic (exact) mass is 606 g/mol. The first kappa shape index (κ1) is 27.9. The van der Waals surface area contributed by atoms with E-state index in [0.29, 0.717) is 0 Å². The lowest BCUT2D eigenvalue weighted by atomic mass is 9.85. The number of rotatable bonds is 4. The summed E-state index contributed by atoms with van der Waals surface area (Å²) in [4.78, 5) is 5.06. The van der Waals surface area contributed by atoms with Crippen LogP contribution in [0, 0.1) is 6.92 Å². The smallest absolute Gasteiger partial charge is 0.0443 e. The highest BCUT2D eigenvalue weighted by Gasteiger charge is 2.23. The fraction of sp³-hybridized carbons (Fsp3) is 0.156. The molecule has 2 aliphatic heterocycles. The second-order valence-corrected chi connectivity index (χ2v) is 13.2. The van der Waals surface area contributed by atoms with Crippen molar-refractivity contribution in [2.75, 3.05) is 22.9 Å². The van der Waals surface area contributed by atoms with E-state index < -0.39 is 0 Å². The standard InChI is InChI=1S/C45H38N2/c1-31-19-21-35(22-20-31)45-39-26-24-36(46-27-9-15-32-11-5-7-17-42(32)46)29-40(39)44(34-13-3-2-4-14-34)38-25-23-37(30-41(38)45)47-28-10-16-33-12-6-8-18-43(33)47/h2-8,11-14,17-26,29-30H,9-10,15-16,27-28H2,1H3. The Morgan fingerprint density at radius 1 is 0.426 bits per heavy atom. The van der Waals surface area contributed by atoms with Crippen molar-refractivity contribution in [1.82, 2.24) is 0 Å². The first-order valence-electron chi connectivity index (χ1n) is 17.1. The van der Waals surface area contributed by atoms with Crippen LogP contribution in [-0.4, -0.2) is 13.1 Å². The molecule has 0 aromatic heterocycles. The zero-order chi connectivity index (χ0) is 31.3. The molecule has 0 bridgehead atoms. The summed E-state index contributed by atoms with van der Waals surface area (Å²) in [7, 11) is 0. The van der Waals surface area contributed by atoms with E-state index in [1.165, 1.54) is 83.2 Å². The number of hydrogen-bond donors (Lipinski definition) is 0. The van der Waals surface area contributed by atoms with Crippen molar-refractivity contribution < 1.29 is 0 Å². The first-order chi connectivity index (χ1) is 23.2. The molecule has 7 aromatic rings. The van der Waals surface area contributed by atoms with Gasteiger partial charge in [-0.05, 0) is 124 Å². The highest BCUT2D eigenvalue weighted by Crippen LogP contribution is 2.47. The van der Waals surface area contributed by atoms with E-state index in [-0.39, 0.29) is 0 Å². The lowest BCUT2D eigenvalue weighted by Gasteiger charge is -2.32. The second kappa shape index (κ2) is 11.5. The minimum Gasteiger partial charge on any atom is -0.341 e. The Morgan fingerprint density at radius 2 is 0.894 bits per heavy atom. The summed E-state index contributed by atoms with van der Waals surface area (Å²) < 4.78 is 0. The number of anilines is 4. The molecule has 0 N–H and O–H groups in total. The van der Waals surface area contributed by atoms with Crippen molar-refractivity contribution in [2.24, 2.45) is 0 Å². The summed E-state index contributed by atoms with van der Waals surface area (Å²) in [5, 5.41) is 5.20. The SMILES string of the molecule is Cc1ccc(-c2c3ccc(N4CCCc5ccccc54)cc3c(-c3ccccc3)c3ccc(N4CCCc5ccccc54)cc23)cc1. The zero-order valence-corrected chi connectivity index (χ0v) is 26.9. The van der Waals surface area contributed by atoms with Crippen LogP contribution in [0.15, 0.2) is 140 Å². The fourth-order valence-electron chi connectivity index (χ4n) is 8.09. The Kier molecular flexibility index (Phi) is 6.82. The Balaban J connectivity index is 1.35. The summed E-state index contributed by atoms with van der Waals surface area (Å²) >= 11 is 0. The molecular weight excluding hydrogens is 569 g/mol. The molecule has 2 heteroatoms. The van der Waals surface area contributed by atoms with Crippen molar-refractivity contribution in [1.29, 1.82) is 0 Å². The fourth-order valence-corrected chi connectivity index (χ4v) is 8.09. The largest absolute Gasteiger partial charge is 0.341 e. The van der Waals surface area contributed by atoms with E-state index in [4.69, 9.17) is 0 Å². The van der Waals surface area contributed by atoms with Gasteiger partial charge in [0.15, 0.2) is 0 Å². The average Bonchev–Trinajstić information content (AvgIpc) is 3.14. The van der Waals surface area contributed by atoms with Crippen LogP contribution in [0.4, 0.5) is 22.7 Å². The molecule has 0 amide bonds. The molecular formula is C45H38N2. The van der Waals surface area contributed by atoms with Crippen LogP contribution in [0.1, 0.15) is 29.5 Å². The predicted molar refractivity (Wildman–Crippen MR) is 201 cm³/mol. The number of aryl methyl sites for hydroxylation is 3. The Morgan fingerprint density at radius 3 is 1.43 bits per heavy atom. The summed E-state index contributed by atoms with van der Waals surface area (Å²) in [5.74, 6) is 0. The predicted octanol–water partition coefficient (Wildman–Crippen LogP) is 11.8. The molecule has 2 heterocycles. The van der Waals surface area contributed by atoms with Gasteiger partial charge in [0, 0.05) is 35.8 Å². The van der Waals surface area contributed by atoms with Crippen LogP contribution >= 0.6 is 0 Å². The molecule has 228 valence electrons. The lowest BCUT2D eigenvalue weighted by molar-refractivity contribution is 0.767. The Hall–Kier alpha value is -5.34. The molecule has 0 spiro atoms. The maximum absolute atomic E-state index is 2.53. The van der Waals surface area contributed by atoms with Crippen LogP contribution in [0.25, 0.3) is 43.8 Å². The zero-order valence-electron chi connectivity index (χ0n) is 26.9. The number of nitrogens with zero attached hydrogens (tertiary/aromatic N) is 2. The van der Waals surface area contributed by atoms with Crippen molar-refractivity contribution in [3.05, 3.63) is 156 Å². The van der Waals surface area contributed by atoms with Crippen molar-refractivity contribution in [2.45, 2.75) is 32.6 Å². The van der Waals surface area contributed by atoms with Crippen molar-refractivity contribution in [3.63, 3.8) is 0 Å². The van der Waals surface area contributed by atoms with E-state index in [0.717, 1.165) is 38.8 Å². The van der Waals surface area contributed by atoms with Gasteiger partial charge in [-0.2, -0.15) is 0 Å². The minimum atomic E-state index is 1.03. The van der Waals surface area contributed by atoms with Gasteiger partial charge in [0.25, 0.3) is 0 Å². The van der Waals surface area contributed by atoms with Gasteiger partial charge in [-0.3, -0.25) is 0 Å². The molecule has 0 atom stereocenters. The molecule has 0 saturated carbocycles. The minimum absolute atomic E-state index is 1.03. The van der Waals surface area contributed by atoms with Gasteiger partial charge in [0.05, 0.1) is 0 Å². The molecule has 2 nitrogen and oxygen atoms in total. The quantitative estimate of drug-likeness (QED) is 0.184. The highest BCUT2D eigenvalue weighted by molar-refractivity contribution is 6.22. The van der Waals surface area contributed by atoms with Crippen molar-refractivity contribution >= 4 is 44.3 Å². The first-order valence-corrected chi connectivity index (χ1v) is 17.1. The third-order valence-corrected chi connectivity index (χ3v) is 10.3. The summed E-state index contributed by atoms with van der Waals surface area (Å²) in [6.07, 6.45) is 4.60. The van der Waals surface area contributed by atoms with E-state index in [9.17, 15) is 0 Å². The van der Waals surface area contributed by atoms with E-state index in [1.807, 2.05) is 0 Å². The molecule has 47 heavy (non-hydrogen) atoms. The maximum Gasteiger partial charge on any atom is 0.0443 e. The van der Waals surface area contributed by atoms with Crippen molar-refractivity contribution in [3.8, 4) is 22.3 Å². The number of hydrogen-bond acceptors (Lipinski definition) is 2. The Bertz CT molecular complexity index is 2270. The van der Waals surface area contributed by atoms with Gasteiger partial charge in [0.2, 0.25) is 0 Å². The van der Waals surface area contributed by atoms with Gasteiger partial charge < -0.3 is 9.80 Å². The van der Waals surface area contributed by atoms with Crippen LogP contribution in [0.5, 0.6) is 0 Å². The molecule has 0 aliphatic carbocycles. The highest BCUT2D eigenvalue weighted by atomic mass is 15.1. The van der Waals surface area contributed by atoms with E-state index in [1.54, 1.807) is 0 Å². The molecule has 0 radical (unpaired) electrons. The summed E-state index contributed by atoms with van der Waals surface area (Å²) in [5.41, 5.74) is 14.5. The topological polar surface area (TPSA) is 6.48 Å². The summed E-state index contributed by atoms with van der Waals surface area (Å²) in [6.45, 7) is 4.23. The van der Waals surface area contributed by atoms with Crippen LogP contribution < -0.4 is 9.80 Å². The molecule has 2 aliphatic rings. The normalized spacial score (nSPS) is 14.3. The molecule has 0 saturated heterocycles. The second-order valence-electron chi connectivity index (χ2n) is 13.2. The van der Waals surface area contributed by atoms with Gasteiger partial charge >= 0.3 is 0 Å². The number of benzene rings is 7. The van der Waals surface area contributed by atoms with E-state index in [2.05, 4.69) is 156 Å². The Labute approximate surface area is 277 Å². The van der Waals surface area contributed by atoms with Gasteiger partial charge in [-0.1, -0.05) is 109 Å². The maximum atomic E-state index is 2.53. The summed E-state index contributed by atoms with van der Waals surface area (Å²) in [6, 6.07) is 52.4. The molecule has 0 unspecified atom stereocenters. The van der Waals surface area contributed by atoms with Crippen LogP contribution in [-0.2, 0) is 12.8 Å². The third-order valence-electron chi connectivity index (χ3n) is 10.3. The number of para-hydroxylation sites is 2. The number of fused-ring (bicyclic) bond motifs is 4. The molecule has 0 fully saturated rings. The molecule has 9 rings (SSSR count). The van der Waals surface area contributed by atoms with Crippen LogP contribution in [0.2, 0.25) is 0 Å². The molecule has 7 aromatic carbocycles. The van der Waals surface area contributed by atoms with Gasteiger partial charge in [-0.15, -0.1) is 0 Å². The van der Waals surface area contributed by atoms with Gasteiger partial charge in [0.1, 0.15) is 0 Å². The third kappa shape index (κ3) is 4.79. The van der Waals surface area contributed by atoms with Gasteiger partial charge in [-0.25, -0.2) is 0 Å². The average molecular weight is 607 g/mol. The van der Waals surface area contributed by atoms with E-state index >= 15 is 0 Å². The van der Waals surface area contributed by atoms with Crippen LogP contribution in [0.3, 0.4) is 0 Å².